The van der Waals surface area contributed by atoms with Gasteiger partial charge in [-0.1, -0.05) is 12.1 Å². The third kappa shape index (κ3) is 4.07. The Bertz CT molecular complexity index is 686. The Morgan fingerprint density at radius 1 is 1.22 bits per heavy atom. The van der Waals surface area contributed by atoms with Gasteiger partial charge >= 0.3 is 0 Å². The molecule has 3 rings (SSSR count). The number of benzene rings is 2. The second-order valence-electron chi connectivity index (χ2n) is 5.46. The normalized spacial score (nSPS) is 12.9. The number of carbonyl (C=O) groups is 1. The first kappa shape index (κ1) is 15.5. The molecule has 2 aromatic rings. The Hall–Kier alpha value is -2.40. The van der Waals surface area contributed by atoms with Gasteiger partial charge in [0, 0.05) is 12.1 Å². The Kier molecular flexibility index (Phi) is 4.88. The number of anilines is 1. The van der Waals surface area contributed by atoms with Gasteiger partial charge in [-0.25, -0.2) is 4.39 Å². The molecular formula is C18H19FN2O2. The summed E-state index contributed by atoms with van der Waals surface area (Å²) in [5.74, 6) is 0.596. The van der Waals surface area contributed by atoms with Crippen LogP contribution in [0.1, 0.15) is 15.9 Å². The van der Waals surface area contributed by atoms with Crippen molar-refractivity contribution in [3.63, 3.8) is 0 Å². The molecule has 0 bridgehead atoms. The number of ether oxygens (including phenoxy) is 1. The van der Waals surface area contributed by atoms with Gasteiger partial charge in [0.15, 0.2) is 5.78 Å². The quantitative estimate of drug-likeness (QED) is 0.636. The van der Waals surface area contributed by atoms with E-state index in [-0.39, 0.29) is 18.1 Å². The first-order chi connectivity index (χ1) is 11.2. The molecule has 1 heterocycles. The van der Waals surface area contributed by atoms with Crippen molar-refractivity contribution in [1.29, 1.82) is 0 Å². The molecular weight excluding hydrogens is 295 g/mol. The van der Waals surface area contributed by atoms with E-state index in [2.05, 4.69) is 10.6 Å². The molecule has 120 valence electrons. The second-order valence-corrected chi connectivity index (χ2v) is 5.46. The summed E-state index contributed by atoms with van der Waals surface area (Å²) in [5, 5.41) is 6.35. The van der Waals surface area contributed by atoms with E-state index in [1.165, 1.54) is 12.1 Å². The van der Waals surface area contributed by atoms with Crippen molar-refractivity contribution in [3.8, 4) is 5.75 Å². The van der Waals surface area contributed by atoms with Crippen LogP contribution in [0.5, 0.6) is 5.75 Å². The zero-order valence-electron chi connectivity index (χ0n) is 12.8. The van der Waals surface area contributed by atoms with Crippen molar-refractivity contribution < 1.29 is 13.9 Å². The summed E-state index contributed by atoms with van der Waals surface area (Å²) in [5.41, 5.74) is 2.57. The molecule has 23 heavy (non-hydrogen) atoms. The maximum absolute atomic E-state index is 12.8. The van der Waals surface area contributed by atoms with Gasteiger partial charge < -0.3 is 15.4 Å². The Morgan fingerprint density at radius 3 is 2.87 bits per heavy atom. The topological polar surface area (TPSA) is 50.4 Å². The summed E-state index contributed by atoms with van der Waals surface area (Å²) in [6.07, 6.45) is 0.757. The fourth-order valence-corrected chi connectivity index (χ4v) is 2.50. The van der Waals surface area contributed by atoms with E-state index in [0.29, 0.717) is 18.7 Å². The summed E-state index contributed by atoms with van der Waals surface area (Å²) in [6.45, 7) is 2.34. The van der Waals surface area contributed by atoms with E-state index < -0.39 is 0 Å². The van der Waals surface area contributed by atoms with Crippen LogP contribution in [0.4, 0.5) is 10.1 Å². The standard InChI is InChI=1S/C18H19FN2O2/c19-15-4-1-13(2-5-15)7-8-20-12-17(22)14-3-6-18-16(11-14)21-9-10-23-18/h1-6,11,20-21H,7-10,12H2. The summed E-state index contributed by atoms with van der Waals surface area (Å²) in [6, 6.07) is 11.9. The first-order valence-corrected chi connectivity index (χ1v) is 7.71. The average Bonchev–Trinajstić information content (AvgIpc) is 2.59. The predicted molar refractivity (Wildman–Crippen MR) is 87.7 cm³/mol. The third-order valence-electron chi connectivity index (χ3n) is 3.77. The van der Waals surface area contributed by atoms with Crippen LogP contribution in [0.15, 0.2) is 42.5 Å². The van der Waals surface area contributed by atoms with Gasteiger partial charge in [0.25, 0.3) is 0 Å². The molecule has 2 N–H and O–H groups in total. The molecule has 0 saturated carbocycles. The zero-order chi connectivity index (χ0) is 16.1. The van der Waals surface area contributed by atoms with E-state index in [0.717, 1.165) is 30.0 Å². The summed E-state index contributed by atoms with van der Waals surface area (Å²) in [4.78, 5) is 12.2. The van der Waals surface area contributed by atoms with Crippen molar-refractivity contribution in [3.05, 3.63) is 59.4 Å². The molecule has 1 aliphatic heterocycles. The molecule has 0 saturated heterocycles. The molecule has 1 aliphatic rings. The fraction of sp³-hybridized carbons (Fsp3) is 0.278. The highest BCUT2D eigenvalue weighted by Crippen LogP contribution is 2.28. The maximum Gasteiger partial charge on any atom is 0.176 e. The molecule has 2 aromatic carbocycles. The van der Waals surface area contributed by atoms with Crippen molar-refractivity contribution in [1.82, 2.24) is 5.32 Å². The SMILES string of the molecule is O=C(CNCCc1ccc(F)cc1)c1ccc2c(c1)NCCO2. The van der Waals surface area contributed by atoms with Gasteiger partial charge in [0.1, 0.15) is 18.2 Å². The third-order valence-corrected chi connectivity index (χ3v) is 3.77. The summed E-state index contributed by atoms with van der Waals surface area (Å²) >= 11 is 0. The molecule has 0 amide bonds. The second kappa shape index (κ2) is 7.24. The highest BCUT2D eigenvalue weighted by molar-refractivity contribution is 5.98. The van der Waals surface area contributed by atoms with Gasteiger partial charge in [0.05, 0.1) is 12.2 Å². The van der Waals surface area contributed by atoms with Crippen molar-refractivity contribution >= 4 is 11.5 Å². The van der Waals surface area contributed by atoms with E-state index >= 15 is 0 Å². The fourth-order valence-electron chi connectivity index (χ4n) is 2.50. The van der Waals surface area contributed by atoms with E-state index in [1.54, 1.807) is 18.2 Å². The smallest absolute Gasteiger partial charge is 0.176 e. The van der Waals surface area contributed by atoms with Gasteiger partial charge in [-0.05, 0) is 48.9 Å². The highest BCUT2D eigenvalue weighted by Gasteiger charge is 2.13. The minimum absolute atomic E-state index is 0.0410. The highest BCUT2D eigenvalue weighted by atomic mass is 19.1. The lowest BCUT2D eigenvalue weighted by atomic mass is 10.1. The van der Waals surface area contributed by atoms with Gasteiger partial charge in [-0.2, -0.15) is 0 Å². The summed E-state index contributed by atoms with van der Waals surface area (Å²) < 4.78 is 18.3. The van der Waals surface area contributed by atoms with Crippen LogP contribution in [0, 0.1) is 5.82 Å². The number of carbonyl (C=O) groups excluding carboxylic acids is 1. The van der Waals surface area contributed by atoms with Crippen LogP contribution in [-0.2, 0) is 6.42 Å². The van der Waals surface area contributed by atoms with E-state index in [9.17, 15) is 9.18 Å². The molecule has 4 nitrogen and oxygen atoms in total. The summed E-state index contributed by atoms with van der Waals surface area (Å²) in [7, 11) is 0. The molecule has 5 heteroatoms. The number of fused-ring (bicyclic) bond motifs is 1. The largest absolute Gasteiger partial charge is 0.490 e. The molecule has 0 fully saturated rings. The first-order valence-electron chi connectivity index (χ1n) is 7.71. The number of ketones is 1. The van der Waals surface area contributed by atoms with Crippen LogP contribution < -0.4 is 15.4 Å². The number of rotatable bonds is 6. The van der Waals surface area contributed by atoms with E-state index in [1.807, 2.05) is 12.1 Å². The number of halogens is 1. The molecule has 0 spiro atoms. The average molecular weight is 314 g/mol. The van der Waals surface area contributed by atoms with Crippen molar-refractivity contribution in [2.24, 2.45) is 0 Å². The number of hydrogen-bond donors (Lipinski definition) is 2. The minimum Gasteiger partial charge on any atom is -0.490 e. The Morgan fingerprint density at radius 2 is 2.04 bits per heavy atom. The van der Waals surface area contributed by atoms with Crippen molar-refractivity contribution in [2.45, 2.75) is 6.42 Å². The monoisotopic (exact) mass is 314 g/mol. The van der Waals surface area contributed by atoms with Crippen LogP contribution in [0.3, 0.4) is 0 Å². The molecule has 0 aromatic heterocycles. The van der Waals surface area contributed by atoms with Crippen molar-refractivity contribution in [2.75, 3.05) is 31.6 Å². The minimum atomic E-state index is -0.234. The Balaban J connectivity index is 1.48. The molecule has 0 unspecified atom stereocenters. The van der Waals surface area contributed by atoms with Gasteiger partial charge in [-0.15, -0.1) is 0 Å². The van der Waals surface area contributed by atoms with Gasteiger partial charge in [0.2, 0.25) is 0 Å². The van der Waals surface area contributed by atoms with Crippen LogP contribution in [0.25, 0.3) is 0 Å². The predicted octanol–water partition coefficient (Wildman–Crippen LogP) is 2.65. The number of nitrogens with one attached hydrogen (secondary N) is 2. The lowest BCUT2D eigenvalue weighted by Gasteiger charge is -2.19. The van der Waals surface area contributed by atoms with Crippen LogP contribution in [-0.4, -0.2) is 32.0 Å². The van der Waals surface area contributed by atoms with Gasteiger partial charge in [-0.3, -0.25) is 4.79 Å². The molecule has 0 atom stereocenters. The van der Waals surface area contributed by atoms with E-state index in [4.69, 9.17) is 4.74 Å². The number of Topliss-reactive ketones (excluding diaryl/α,β-unsaturated/α-hetero) is 1. The lowest BCUT2D eigenvalue weighted by Crippen LogP contribution is -2.25. The molecule has 0 aliphatic carbocycles. The maximum atomic E-state index is 12.8. The lowest BCUT2D eigenvalue weighted by molar-refractivity contribution is 0.0991. The number of hydrogen-bond acceptors (Lipinski definition) is 4. The Labute approximate surface area is 134 Å². The van der Waals surface area contributed by atoms with Crippen LogP contribution in [0.2, 0.25) is 0 Å². The molecule has 0 radical (unpaired) electrons. The van der Waals surface area contributed by atoms with Crippen LogP contribution >= 0.6 is 0 Å². The zero-order valence-corrected chi connectivity index (χ0v) is 12.8.